The highest BCUT2D eigenvalue weighted by Crippen LogP contribution is 2.36. The third kappa shape index (κ3) is 8.82. The van der Waals surface area contributed by atoms with Crippen LogP contribution in [0.15, 0.2) is 78.9 Å². The van der Waals surface area contributed by atoms with Crippen LogP contribution in [0.25, 0.3) is 17.2 Å². The molecule has 0 N–H and O–H groups in total. The molecular formula is C33H34O6. The molecule has 6 heteroatoms. The van der Waals surface area contributed by atoms with Crippen molar-refractivity contribution in [3.8, 4) is 11.5 Å². The molecule has 39 heavy (non-hydrogen) atoms. The Labute approximate surface area is 229 Å². The second-order valence-electron chi connectivity index (χ2n) is 9.93. The molecule has 0 aliphatic rings. The molecule has 0 atom stereocenters. The second-order valence-corrected chi connectivity index (χ2v) is 9.93. The van der Waals surface area contributed by atoms with Crippen molar-refractivity contribution in [2.75, 3.05) is 0 Å². The smallest absolute Gasteiger partial charge is 0.331 e. The van der Waals surface area contributed by atoms with E-state index >= 15 is 0 Å². The summed E-state index contributed by atoms with van der Waals surface area (Å²) >= 11 is 0. The van der Waals surface area contributed by atoms with E-state index in [4.69, 9.17) is 14.2 Å². The zero-order valence-electron chi connectivity index (χ0n) is 23.2. The van der Waals surface area contributed by atoms with E-state index in [2.05, 4.69) is 6.92 Å². The van der Waals surface area contributed by atoms with Crippen LogP contribution < -0.4 is 9.47 Å². The molecule has 0 unspecified atom stereocenters. The van der Waals surface area contributed by atoms with Crippen LogP contribution in [0.5, 0.6) is 11.5 Å². The number of rotatable bonds is 8. The molecule has 0 spiro atoms. The predicted octanol–water partition coefficient (Wildman–Crippen LogP) is 7.26. The molecule has 0 fully saturated rings. The fraction of sp³-hybridized carbons (Fsp3) is 0.242. The lowest BCUT2D eigenvalue weighted by atomic mass is 9.88. The van der Waals surface area contributed by atoms with Crippen molar-refractivity contribution in [2.24, 2.45) is 0 Å². The maximum Gasteiger partial charge on any atom is 0.331 e. The van der Waals surface area contributed by atoms with Crippen molar-refractivity contribution in [2.45, 2.75) is 53.6 Å². The van der Waals surface area contributed by atoms with Gasteiger partial charge in [-0.1, -0.05) is 55.5 Å². The zero-order valence-corrected chi connectivity index (χ0v) is 23.2. The molecule has 6 nitrogen and oxygen atoms in total. The van der Waals surface area contributed by atoms with Crippen molar-refractivity contribution in [1.82, 2.24) is 0 Å². The first-order valence-electron chi connectivity index (χ1n) is 12.8. The Hall–Kier alpha value is -4.45. The van der Waals surface area contributed by atoms with Crippen molar-refractivity contribution in [1.29, 1.82) is 0 Å². The normalized spacial score (nSPS) is 11.1. The van der Waals surface area contributed by atoms with Gasteiger partial charge in [0, 0.05) is 19.9 Å². The average Bonchev–Trinajstić information content (AvgIpc) is 2.86. The van der Waals surface area contributed by atoms with Crippen molar-refractivity contribution < 1.29 is 28.6 Å². The molecular weight excluding hydrogens is 492 g/mol. The van der Waals surface area contributed by atoms with Gasteiger partial charge in [0.2, 0.25) is 0 Å². The van der Waals surface area contributed by atoms with Crippen LogP contribution in [-0.2, 0) is 19.1 Å². The Kier molecular flexibility index (Phi) is 9.61. The number of carbonyl (C=O) groups excluding carboxylic acids is 3. The Morgan fingerprint density at radius 3 is 1.51 bits per heavy atom. The van der Waals surface area contributed by atoms with Crippen LogP contribution in [0.3, 0.4) is 0 Å². The average molecular weight is 527 g/mol. The summed E-state index contributed by atoms with van der Waals surface area (Å²) in [6.07, 6.45) is 3.90. The molecule has 0 amide bonds. The first-order valence-corrected chi connectivity index (χ1v) is 12.8. The summed E-state index contributed by atoms with van der Waals surface area (Å²) in [4.78, 5) is 34.8. The lowest BCUT2D eigenvalue weighted by Gasteiger charge is -2.18. The molecule has 0 bridgehead atoms. The van der Waals surface area contributed by atoms with Gasteiger partial charge in [0.15, 0.2) is 0 Å². The fourth-order valence-corrected chi connectivity index (χ4v) is 4.05. The van der Waals surface area contributed by atoms with E-state index in [1.165, 1.54) is 19.9 Å². The minimum Gasteiger partial charge on any atom is -0.457 e. The molecule has 0 aliphatic carbocycles. The van der Waals surface area contributed by atoms with Crippen molar-refractivity contribution in [3.63, 3.8) is 0 Å². The Morgan fingerprint density at radius 2 is 1.13 bits per heavy atom. The Bertz CT molecular complexity index is 1310. The minimum atomic E-state index is -0.546. The van der Waals surface area contributed by atoms with Gasteiger partial charge < -0.3 is 14.2 Å². The van der Waals surface area contributed by atoms with Gasteiger partial charge in [-0.25, -0.2) is 4.79 Å². The Morgan fingerprint density at radius 1 is 0.692 bits per heavy atom. The number of benzene rings is 3. The van der Waals surface area contributed by atoms with Crippen LogP contribution in [0.2, 0.25) is 0 Å². The molecule has 3 aromatic rings. The SMILES string of the molecule is CCC(=C(c1ccc(OC(C)=O)cc1)c1ccc(OC(C)=O)cc1)c1ccc(/C=C/C(=O)OC(C)(C)C)cc1. The van der Waals surface area contributed by atoms with E-state index in [1.54, 1.807) is 30.3 Å². The number of hydrogen-bond acceptors (Lipinski definition) is 6. The zero-order chi connectivity index (χ0) is 28.6. The van der Waals surface area contributed by atoms with Gasteiger partial charge in [-0.2, -0.15) is 0 Å². The van der Waals surface area contributed by atoms with Gasteiger partial charge >= 0.3 is 17.9 Å². The van der Waals surface area contributed by atoms with E-state index in [0.717, 1.165) is 39.8 Å². The van der Waals surface area contributed by atoms with E-state index < -0.39 is 11.6 Å². The first kappa shape index (κ1) is 29.1. The van der Waals surface area contributed by atoms with E-state index in [0.29, 0.717) is 11.5 Å². The third-order valence-electron chi connectivity index (χ3n) is 5.54. The predicted molar refractivity (Wildman–Crippen MR) is 153 cm³/mol. The van der Waals surface area contributed by atoms with E-state index in [1.807, 2.05) is 69.3 Å². The summed E-state index contributed by atoms with van der Waals surface area (Å²) in [6.45, 7) is 10.3. The molecule has 0 saturated carbocycles. The molecule has 0 radical (unpaired) electrons. The molecule has 0 aliphatic heterocycles. The largest absolute Gasteiger partial charge is 0.457 e. The van der Waals surface area contributed by atoms with Gasteiger partial charge in [-0.15, -0.1) is 0 Å². The van der Waals surface area contributed by atoms with Crippen molar-refractivity contribution >= 4 is 35.1 Å². The van der Waals surface area contributed by atoms with Gasteiger partial charge in [0.1, 0.15) is 17.1 Å². The summed E-state index contributed by atoms with van der Waals surface area (Å²) < 4.78 is 15.8. The summed E-state index contributed by atoms with van der Waals surface area (Å²) in [5.74, 6) is -0.216. The summed E-state index contributed by atoms with van der Waals surface area (Å²) in [7, 11) is 0. The molecule has 3 rings (SSSR count). The standard InChI is InChI=1S/C33H34O6/c1-7-30(25-11-8-24(9-12-25)10-21-31(36)39-33(4,5)6)32(26-13-17-28(18-14-26)37-22(2)34)27-15-19-29(20-16-27)38-23(3)35/h8-21H,7H2,1-6H3/b21-10+. The van der Waals surface area contributed by atoms with Gasteiger partial charge in [0.25, 0.3) is 0 Å². The number of allylic oxidation sites excluding steroid dienone is 1. The monoisotopic (exact) mass is 526 g/mol. The number of carbonyl (C=O) groups is 3. The minimum absolute atomic E-state index is 0.380. The first-order chi connectivity index (χ1) is 18.4. The molecule has 202 valence electrons. The van der Waals surface area contributed by atoms with Crippen molar-refractivity contribution in [3.05, 3.63) is 101 Å². The third-order valence-corrected chi connectivity index (χ3v) is 5.54. The highest BCUT2D eigenvalue weighted by atomic mass is 16.6. The van der Waals surface area contributed by atoms with Crippen LogP contribution in [-0.4, -0.2) is 23.5 Å². The van der Waals surface area contributed by atoms with Crippen LogP contribution in [0.1, 0.15) is 70.2 Å². The quantitative estimate of drug-likeness (QED) is 0.133. The highest BCUT2D eigenvalue weighted by molar-refractivity contribution is 5.99. The maximum atomic E-state index is 12.1. The fourth-order valence-electron chi connectivity index (χ4n) is 4.05. The molecule has 3 aromatic carbocycles. The molecule has 0 heterocycles. The molecule has 0 saturated heterocycles. The van der Waals surface area contributed by atoms with Crippen LogP contribution in [0, 0.1) is 0 Å². The lowest BCUT2D eigenvalue weighted by molar-refractivity contribution is -0.148. The highest BCUT2D eigenvalue weighted by Gasteiger charge is 2.15. The van der Waals surface area contributed by atoms with E-state index in [-0.39, 0.29) is 11.9 Å². The van der Waals surface area contributed by atoms with Gasteiger partial charge in [0.05, 0.1) is 0 Å². The molecule has 0 aromatic heterocycles. The number of esters is 3. The number of ether oxygens (including phenoxy) is 3. The summed E-state index contributed by atoms with van der Waals surface area (Å²) in [5.41, 5.74) is 5.33. The van der Waals surface area contributed by atoms with E-state index in [9.17, 15) is 14.4 Å². The Balaban J connectivity index is 2.03. The van der Waals surface area contributed by atoms with Gasteiger partial charge in [-0.3, -0.25) is 9.59 Å². The number of hydrogen-bond donors (Lipinski definition) is 0. The summed E-state index contributed by atoms with van der Waals surface area (Å²) in [5, 5.41) is 0. The lowest BCUT2D eigenvalue weighted by Crippen LogP contribution is -2.22. The topological polar surface area (TPSA) is 78.9 Å². The van der Waals surface area contributed by atoms with Crippen LogP contribution in [0.4, 0.5) is 0 Å². The summed E-state index contributed by atoms with van der Waals surface area (Å²) in [6, 6.07) is 22.7. The van der Waals surface area contributed by atoms with Gasteiger partial charge in [-0.05, 0) is 90.9 Å². The maximum absolute atomic E-state index is 12.1. The van der Waals surface area contributed by atoms with Crippen LogP contribution >= 0.6 is 0 Å². The second kappa shape index (κ2) is 12.9.